The van der Waals surface area contributed by atoms with Crippen LogP contribution in [0.3, 0.4) is 0 Å². The summed E-state index contributed by atoms with van der Waals surface area (Å²) in [6.45, 7) is 7.51. The van der Waals surface area contributed by atoms with Crippen LogP contribution < -0.4 is 5.32 Å². The first-order valence-corrected chi connectivity index (χ1v) is 4.55. The van der Waals surface area contributed by atoms with Crippen molar-refractivity contribution in [3.8, 4) is 0 Å². The lowest BCUT2D eigenvalue weighted by Crippen LogP contribution is -2.08. The van der Waals surface area contributed by atoms with Gasteiger partial charge in [0, 0.05) is 6.92 Å². The summed E-state index contributed by atoms with van der Waals surface area (Å²) >= 11 is 0. The third-order valence-electron chi connectivity index (χ3n) is 1.56. The van der Waals surface area contributed by atoms with Crippen molar-refractivity contribution in [2.75, 3.05) is 11.9 Å². The van der Waals surface area contributed by atoms with E-state index in [0.29, 0.717) is 23.9 Å². The van der Waals surface area contributed by atoms with Gasteiger partial charge in [0.2, 0.25) is 5.91 Å². The number of nitrogens with zero attached hydrogens (tertiary/aromatic N) is 2. The van der Waals surface area contributed by atoms with Gasteiger partial charge in [0.25, 0.3) is 0 Å². The number of amides is 1. The maximum Gasteiger partial charge on any atom is 0.222 e. The van der Waals surface area contributed by atoms with E-state index in [1.54, 1.807) is 0 Å². The van der Waals surface area contributed by atoms with Crippen LogP contribution in [0.5, 0.6) is 0 Å². The van der Waals surface area contributed by atoms with Gasteiger partial charge in [0.05, 0.1) is 19.0 Å². The molecule has 0 bridgehead atoms. The van der Waals surface area contributed by atoms with Gasteiger partial charge in [-0.2, -0.15) is 0 Å². The maximum atomic E-state index is 10.7. The number of aromatic nitrogens is 2. The maximum absolute atomic E-state index is 10.7. The fourth-order valence-electron chi connectivity index (χ4n) is 0.965. The normalized spacial score (nSPS) is 9.47. The number of hydrogen-bond acceptors (Lipinski definition) is 4. The highest BCUT2D eigenvalue weighted by Gasteiger charge is 2.02. The lowest BCUT2D eigenvalue weighted by Gasteiger charge is -2.06. The Hall–Kier alpha value is -1.91. The van der Waals surface area contributed by atoms with Crippen LogP contribution in [-0.4, -0.2) is 22.5 Å². The van der Waals surface area contributed by atoms with Crippen molar-refractivity contribution in [2.45, 2.75) is 13.8 Å². The first-order valence-electron chi connectivity index (χ1n) is 4.55. The summed E-state index contributed by atoms with van der Waals surface area (Å²) < 4.78 is 5.16. The molecule has 1 amide bonds. The van der Waals surface area contributed by atoms with E-state index >= 15 is 0 Å². The SMILES string of the molecule is C=C(OCC)c1cnc(NC(C)=O)cn1. The van der Waals surface area contributed by atoms with E-state index in [0.717, 1.165) is 0 Å². The van der Waals surface area contributed by atoms with Crippen molar-refractivity contribution >= 4 is 17.5 Å². The minimum Gasteiger partial charge on any atom is -0.492 e. The number of rotatable bonds is 4. The predicted octanol–water partition coefficient (Wildman–Crippen LogP) is 1.44. The van der Waals surface area contributed by atoms with Gasteiger partial charge in [-0.25, -0.2) is 9.97 Å². The van der Waals surface area contributed by atoms with Crippen LogP contribution in [0.15, 0.2) is 19.0 Å². The van der Waals surface area contributed by atoms with Crippen LogP contribution in [0.4, 0.5) is 5.82 Å². The molecule has 1 aromatic heterocycles. The molecule has 5 nitrogen and oxygen atoms in total. The van der Waals surface area contributed by atoms with Crippen LogP contribution in [0.2, 0.25) is 0 Å². The summed E-state index contributed by atoms with van der Waals surface area (Å²) in [5, 5.41) is 2.52. The molecule has 0 saturated heterocycles. The number of anilines is 1. The van der Waals surface area contributed by atoms with Crippen LogP contribution in [0.1, 0.15) is 19.5 Å². The van der Waals surface area contributed by atoms with E-state index in [9.17, 15) is 4.79 Å². The first-order chi connectivity index (χ1) is 7.13. The smallest absolute Gasteiger partial charge is 0.222 e. The van der Waals surface area contributed by atoms with Gasteiger partial charge in [0.15, 0.2) is 5.82 Å². The van der Waals surface area contributed by atoms with Crippen LogP contribution in [0, 0.1) is 0 Å². The number of ether oxygens (including phenoxy) is 1. The largest absolute Gasteiger partial charge is 0.492 e. The van der Waals surface area contributed by atoms with E-state index in [1.807, 2.05) is 6.92 Å². The second-order valence-electron chi connectivity index (χ2n) is 2.82. The molecule has 1 rings (SSSR count). The van der Waals surface area contributed by atoms with Gasteiger partial charge >= 0.3 is 0 Å². The van der Waals surface area contributed by atoms with Crippen molar-refractivity contribution in [1.29, 1.82) is 0 Å². The fraction of sp³-hybridized carbons (Fsp3) is 0.300. The molecule has 1 N–H and O–H groups in total. The van der Waals surface area contributed by atoms with Gasteiger partial charge in [-0.1, -0.05) is 6.58 Å². The molecule has 80 valence electrons. The summed E-state index contributed by atoms with van der Waals surface area (Å²) in [6, 6.07) is 0. The quantitative estimate of drug-likeness (QED) is 0.759. The second kappa shape index (κ2) is 5.09. The van der Waals surface area contributed by atoms with Crippen LogP contribution >= 0.6 is 0 Å². The Labute approximate surface area is 88.2 Å². The number of nitrogens with one attached hydrogen (secondary N) is 1. The molecule has 0 radical (unpaired) electrons. The fourth-order valence-corrected chi connectivity index (χ4v) is 0.965. The summed E-state index contributed by atoms with van der Waals surface area (Å²) in [5.41, 5.74) is 0.561. The van der Waals surface area contributed by atoms with Gasteiger partial charge in [-0.15, -0.1) is 0 Å². The summed E-state index contributed by atoms with van der Waals surface area (Å²) in [6.07, 6.45) is 2.96. The molecule has 0 aliphatic heterocycles. The van der Waals surface area contributed by atoms with Gasteiger partial charge in [-0.3, -0.25) is 4.79 Å². The van der Waals surface area contributed by atoms with Gasteiger partial charge < -0.3 is 10.1 Å². The Morgan fingerprint density at radius 1 is 1.53 bits per heavy atom. The average molecular weight is 207 g/mol. The monoisotopic (exact) mass is 207 g/mol. The Morgan fingerprint density at radius 3 is 2.73 bits per heavy atom. The van der Waals surface area contributed by atoms with Crippen molar-refractivity contribution in [3.63, 3.8) is 0 Å². The highest BCUT2D eigenvalue weighted by molar-refractivity contribution is 5.87. The van der Waals surface area contributed by atoms with E-state index in [2.05, 4.69) is 21.9 Å². The Balaban J connectivity index is 2.71. The molecule has 0 aliphatic rings. The highest BCUT2D eigenvalue weighted by Crippen LogP contribution is 2.10. The molecule has 0 spiro atoms. The molecule has 0 aliphatic carbocycles. The zero-order chi connectivity index (χ0) is 11.3. The van der Waals surface area contributed by atoms with E-state index in [-0.39, 0.29) is 5.91 Å². The molecule has 0 fully saturated rings. The van der Waals surface area contributed by atoms with Gasteiger partial charge in [0.1, 0.15) is 11.5 Å². The molecule has 1 aromatic rings. The number of carbonyl (C=O) groups excluding carboxylic acids is 1. The number of hydrogen-bond donors (Lipinski definition) is 1. The lowest BCUT2D eigenvalue weighted by atomic mass is 10.4. The van der Waals surface area contributed by atoms with Crippen molar-refractivity contribution < 1.29 is 9.53 Å². The third kappa shape index (κ3) is 3.38. The first kappa shape index (κ1) is 11.2. The summed E-state index contributed by atoms with van der Waals surface area (Å²) in [4.78, 5) is 18.7. The van der Waals surface area contributed by atoms with Gasteiger partial charge in [-0.05, 0) is 6.92 Å². The Morgan fingerprint density at radius 2 is 2.27 bits per heavy atom. The Bertz CT molecular complexity index is 359. The molecule has 15 heavy (non-hydrogen) atoms. The van der Waals surface area contributed by atoms with E-state index in [1.165, 1.54) is 19.3 Å². The molecule has 0 atom stereocenters. The van der Waals surface area contributed by atoms with Crippen molar-refractivity contribution in [3.05, 3.63) is 24.7 Å². The molecule has 5 heteroatoms. The minimum absolute atomic E-state index is 0.180. The topological polar surface area (TPSA) is 64.1 Å². The van der Waals surface area contributed by atoms with E-state index in [4.69, 9.17) is 4.74 Å². The molecule has 0 aromatic carbocycles. The zero-order valence-corrected chi connectivity index (χ0v) is 8.78. The van der Waals surface area contributed by atoms with Crippen molar-refractivity contribution in [2.24, 2.45) is 0 Å². The lowest BCUT2D eigenvalue weighted by molar-refractivity contribution is -0.114. The summed E-state index contributed by atoms with van der Waals surface area (Å²) in [5.74, 6) is 0.704. The van der Waals surface area contributed by atoms with Crippen molar-refractivity contribution in [1.82, 2.24) is 9.97 Å². The molecular formula is C10H13N3O2. The average Bonchev–Trinajstić information content (AvgIpc) is 2.18. The van der Waals surface area contributed by atoms with Crippen LogP contribution in [0.25, 0.3) is 5.76 Å². The molecule has 0 saturated carbocycles. The number of carbonyl (C=O) groups is 1. The highest BCUT2D eigenvalue weighted by atomic mass is 16.5. The summed E-state index contributed by atoms with van der Waals surface area (Å²) in [7, 11) is 0. The van der Waals surface area contributed by atoms with E-state index < -0.39 is 0 Å². The minimum atomic E-state index is -0.180. The Kier molecular flexibility index (Phi) is 3.79. The molecule has 1 heterocycles. The standard InChI is InChI=1S/C10H13N3O2/c1-4-15-7(2)9-5-12-10(6-11-9)13-8(3)14/h5-6H,2,4H2,1,3H3,(H,12,13,14). The second-order valence-corrected chi connectivity index (χ2v) is 2.82. The zero-order valence-electron chi connectivity index (χ0n) is 8.78. The molecular weight excluding hydrogens is 194 g/mol. The van der Waals surface area contributed by atoms with Crippen LogP contribution in [-0.2, 0) is 9.53 Å². The predicted molar refractivity (Wildman–Crippen MR) is 57.0 cm³/mol. The molecule has 0 unspecified atom stereocenters. The third-order valence-corrected chi connectivity index (χ3v) is 1.56.